The summed E-state index contributed by atoms with van der Waals surface area (Å²) in [5.74, 6) is 0.912. The summed E-state index contributed by atoms with van der Waals surface area (Å²) in [7, 11) is 0. The highest BCUT2D eigenvalue weighted by Gasteiger charge is 2.08. The zero-order chi connectivity index (χ0) is 12.1. The molecular weight excluding hydrogens is 220 g/mol. The van der Waals surface area contributed by atoms with E-state index in [2.05, 4.69) is 15.1 Å². The van der Waals surface area contributed by atoms with Crippen molar-refractivity contribution in [3.63, 3.8) is 0 Å². The number of hydrogen-bond donors (Lipinski definition) is 2. The Balaban J connectivity index is 2.33. The number of aromatic nitrogens is 2. The van der Waals surface area contributed by atoms with Crippen molar-refractivity contribution in [2.24, 2.45) is 10.9 Å². The van der Waals surface area contributed by atoms with Gasteiger partial charge in [-0.3, -0.25) is 9.97 Å². The Morgan fingerprint density at radius 2 is 2.06 bits per heavy atom. The molecule has 2 aromatic rings. The maximum Gasteiger partial charge on any atom is 0.173 e. The summed E-state index contributed by atoms with van der Waals surface area (Å²) in [6, 6.07) is 5.09. The highest BCUT2D eigenvalue weighted by Crippen LogP contribution is 2.23. The molecular formula is C11H10N4O2. The molecule has 0 aliphatic carbocycles. The molecule has 0 spiro atoms. The van der Waals surface area contributed by atoms with E-state index >= 15 is 0 Å². The van der Waals surface area contributed by atoms with Crippen LogP contribution < -0.4 is 10.5 Å². The monoisotopic (exact) mass is 230 g/mol. The maximum absolute atomic E-state index is 8.65. The highest BCUT2D eigenvalue weighted by atomic mass is 16.5. The van der Waals surface area contributed by atoms with Gasteiger partial charge >= 0.3 is 0 Å². The predicted octanol–water partition coefficient (Wildman–Crippen LogP) is 1.36. The molecule has 0 fully saturated rings. The Morgan fingerprint density at radius 3 is 2.76 bits per heavy atom. The second-order valence-electron chi connectivity index (χ2n) is 3.15. The molecule has 0 saturated heterocycles. The zero-order valence-corrected chi connectivity index (χ0v) is 8.82. The molecule has 0 saturated carbocycles. The van der Waals surface area contributed by atoms with Crippen molar-refractivity contribution in [1.29, 1.82) is 0 Å². The van der Waals surface area contributed by atoms with Crippen molar-refractivity contribution in [2.75, 3.05) is 0 Å². The summed E-state index contributed by atoms with van der Waals surface area (Å²) in [4.78, 5) is 7.84. The zero-order valence-electron chi connectivity index (χ0n) is 8.82. The fraction of sp³-hybridized carbons (Fsp3) is 0. The molecule has 3 N–H and O–H groups in total. The van der Waals surface area contributed by atoms with Crippen LogP contribution in [-0.2, 0) is 0 Å². The third kappa shape index (κ3) is 2.49. The van der Waals surface area contributed by atoms with Crippen molar-refractivity contribution in [2.45, 2.75) is 0 Å². The van der Waals surface area contributed by atoms with Crippen LogP contribution in [0.15, 0.2) is 48.1 Å². The third-order valence-electron chi connectivity index (χ3n) is 2.03. The standard InChI is InChI=1S/C11H10N4O2/c12-11(15-16)9-3-5-14-7-10(9)17-8-2-1-4-13-6-8/h1-7,16H,(H2,12,15). The number of hydrogen-bond acceptors (Lipinski definition) is 5. The van der Waals surface area contributed by atoms with Crippen LogP contribution in [0.4, 0.5) is 0 Å². The molecule has 0 amide bonds. The molecule has 6 heteroatoms. The van der Waals surface area contributed by atoms with E-state index < -0.39 is 0 Å². The smallest absolute Gasteiger partial charge is 0.173 e. The summed E-state index contributed by atoms with van der Waals surface area (Å²) < 4.78 is 5.54. The lowest BCUT2D eigenvalue weighted by Gasteiger charge is -2.08. The summed E-state index contributed by atoms with van der Waals surface area (Å²) in [5.41, 5.74) is 5.99. The lowest BCUT2D eigenvalue weighted by atomic mass is 10.2. The van der Waals surface area contributed by atoms with Gasteiger partial charge in [-0.05, 0) is 18.2 Å². The minimum Gasteiger partial charge on any atom is -0.453 e. The maximum atomic E-state index is 8.65. The van der Waals surface area contributed by atoms with Crippen LogP contribution in [0.25, 0.3) is 0 Å². The van der Waals surface area contributed by atoms with Gasteiger partial charge in [-0.2, -0.15) is 0 Å². The molecule has 0 bridgehead atoms. The number of nitrogens with two attached hydrogens (primary N) is 1. The van der Waals surface area contributed by atoms with Crippen LogP contribution in [-0.4, -0.2) is 21.0 Å². The van der Waals surface area contributed by atoms with Crippen molar-refractivity contribution in [3.05, 3.63) is 48.5 Å². The first-order valence-corrected chi connectivity index (χ1v) is 4.81. The average Bonchev–Trinajstić information content (AvgIpc) is 2.40. The first kappa shape index (κ1) is 10.9. The Hall–Kier alpha value is -2.63. The fourth-order valence-corrected chi connectivity index (χ4v) is 1.26. The molecule has 0 aliphatic rings. The Labute approximate surface area is 97.4 Å². The fourth-order valence-electron chi connectivity index (χ4n) is 1.26. The van der Waals surface area contributed by atoms with Gasteiger partial charge in [-0.15, -0.1) is 0 Å². The molecule has 6 nitrogen and oxygen atoms in total. The molecule has 2 rings (SSSR count). The van der Waals surface area contributed by atoms with Gasteiger partial charge in [0.1, 0.15) is 5.75 Å². The van der Waals surface area contributed by atoms with Gasteiger partial charge in [-0.25, -0.2) is 0 Å². The van der Waals surface area contributed by atoms with E-state index in [0.717, 1.165) is 0 Å². The molecule has 2 heterocycles. The number of pyridine rings is 2. The van der Waals surface area contributed by atoms with E-state index in [0.29, 0.717) is 17.1 Å². The summed E-state index contributed by atoms with van der Waals surface area (Å²) in [5, 5.41) is 11.6. The SMILES string of the molecule is N/C(=N/O)c1ccncc1Oc1cccnc1. The van der Waals surface area contributed by atoms with E-state index in [1.54, 1.807) is 30.6 Å². The van der Waals surface area contributed by atoms with Crippen LogP contribution in [0, 0.1) is 0 Å². The van der Waals surface area contributed by atoms with Gasteiger partial charge in [0.2, 0.25) is 0 Å². The van der Waals surface area contributed by atoms with Crippen molar-refractivity contribution in [1.82, 2.24) is 9.97 Å². The normalized spacial score (nSPS) is 11.2. The van der Waals surface area contributed by atoms with Crippen LogP contribution >= 0.6 is 0 Å². The van der Waals surface area contributed by atoms with Crippen molar-refractivity contribution >= 4 is 5.84 Å². The second kappa shape index (κ2) is 4.93. The van der Waals surface area contributed by atoms with Crippen LogP contribution in [0.2, 0.25) is 0 Å². The number of nitrogens with zero attached hydrogens (tertiary/aromatic N) is 3. The molecule has 0 radical (unpaired) electrons. The first-order chi connectivity index (χ1) is 8.31. The quantitative estimate of drug-likeness (QED) is 0.359. The number of rotatable bonds is 3. The van der Waals surface area contributed by atoms with Gasteiger partial charge in [0.25, 0.3) is 0 Å². The summed E-state index contributed by atoms with van der Waals surface area (Å²) in [6.07, 6.45) is 6.22. The number of amidine groups is 1. The summed E-state index contributed by atoms with van der Waals surface area (Å²) >= 11 is 0. The predicted molar refractivity (Wildman–Crippen MR) is 61.1 cm³/mol. The van der Waals surface area contributed by atoms with Gasteiger partial charge in [0, 0.05) is 12.4 Å². The Bertz CT molecular complexity index is 528. The molecule has 17 heavy (non-hydrogen) atoms. The lowest BCUT2D eigenvalue weighted by molar-refractivity contribution is 0.318. The van der Waals surface area contributed by atoms with E-state index in [1.165, 1.54) is 12.4 Å². The van der Waals surface area contributed by atoms with Crippen LogP contribution in [0.5, 0.6) is 11.5 Å². The van der Waals surface area contributed by atoms with E-state index in [9.17, 15) is 0 Å². The molecule has 86 valence electrons. The van der Waals surface area contributed by atoms with Gasteiger partial charge in [-0.1, -0.05) is 5.16 Å². The highest BCUT2D eigenvalue weighted by molar-refractivity contribution is 5.99. The summed E-state index contributed by atoms with van der Waals surface area (Å²) in [6.45, 7) is 0. The van der Waals surface area contributed by atoms with E-state index in [4.69, 9.17) is 15.7 Å². The topological polar surface area (TPSA) is 93.6 Å². The third-order valence-corrected chi connectivity index (χ3v) is 2.03. The Morgan fingerprint density at radius 1 is 1.24 bits per heavy atom. The largest absolute Gasteiger partial charge is 0.453 e. The Kier molecular flexibility index (Phi) is 3.15. The minimum atomic E-state index is -0.0358. The molecule has 0 aromatic carbocycles. The first-order valence-electron chi connectivity index (χ1n) is 4.81. The van der Waals surface area contributed by atoms with E-state index in [-0.39, 0.29) is 5.84 Å². The molecule has 2 aromatic heterocycles. The van der Waals surface area contributed by atoms with Gasteiger partial charge in [0.05, 0.1) is 18.0 Å². The molecule has 0 aliphatic heterocycles. The van der Waals surface area contributed by atoms with Crippen molar-refractivity contribution in [3.8, 4) is 11.5 Å². The van der Waals surface area contributed by atoms with Crippen LogP contribution in [0.1, 0.15) is 5.56 Å². The molecule has 0 atom stereocenters. The van der Waals surface area contributed by atoms with Crippen molar-refractivity contribution < 1.29 is 9.94 Å². The molecule has 0 unspecified atom stereocenters. The average molecular weight is 230 g/mol. The lowest BCUT2D eigenvalue weighted by Crippen LogP contribution is -2.14. The van der Waals surface area contributed by atoms with Crippen LogP contribution in [0.3, 0.4) is 0 Å². The van der Waals surface area contributed by atoms with Gasteiger partial charge in [0.15, 0.2) is 11.6 Å². The number of ether oxygens (including phenoxy) is 1. The number of oxime groups is 1. The van der Waals surface area contributed by atoms with Gasteiger partial charge < -0.3 is 15.7 Å². The van der Waals surface area contributed by atoms with E-state index in [1.807, 2.05) is 0 Å². The second-order valence-corrected chi connectivity index (χ2v) is 3.15. The minimum absolute atomic E-state index is 0.0358.